The summed E-state index contributed by atoms with van der Waals surface area (Å²) in [4.78, 5) is 51.1. The monoisotopic (exact) mass is 1100 g/mol. The van der Waals surface area contributed by atoms with Gasteiger partial charge in [0.2, 0.25) is 0 Å². The molecule has 0 saturated carbocycles. The van der Waals surface area contributed by atoms with E-state index in [2.05, 4.69) is 130 Å². The Labute approximate surface area is 478 Å². The lowest BCUT2D eigenvalue weighted by molar-refractivity contribution is -0.301. The van der Waals surface area contributed by atoms with E-state index >= 15 is 0 Å². The van der Waals surface area contributed by atoms with Crippen LogP contribution in [0.25, 0.3) is 0 Å². The van der Waals surface area contributed by atoms with E-state index < -0.39 is 67.3 Å². The number of allylic oxidation sites excluding steroid dienone is 20. The van der Waals surface area contributed by atoms with Crippen LogP contribution in [0.15, 0.2) is 122 Å². The summed E-state index contributed by atoms with van der Waals surface area (Å²) in [5.41, 5.74) is 0. The Bertz CT molecular complexity index is 1840. The van der Waals surface area contributed by atoms with Crippen molar-refractivity contribution < 1.29 is 58.2 Å². The first-order valence-corrected chi connectivity index (χ1v) is 30.5. The molecule has 0 spiro atoms. The van der Waals surface area contributed by atoms with Crippen LogP contribution in [0.1, 0.15) is 226 Å². The molecule has 0 radical (unpaired) electrons. The SMILES string of the molecule is CC/C=C\C/C=C\C/C=C\C/C=C\C/C=C\C/C=C\CCC(=O)OCC(COC1OC(C(=O)O)C(O)C(O)C1OC(=O)CCCCCCCCCCCCC)OC(=O)CCCCCCCC/C=C\C/C=C\C/C=C\C/C=C\CC. The fourth-order valence-electron chi connectivity index (χ4n) is 8.44. The third kappa shape index (κ3) is 43.6. The number of carboxylic acids is 1. The molecule has 1 aliphatic rings. The second kappa shape index (κ2) is 53.7. The fraction of sp³-hybridized carbons (Fsp3) is 0.642. The minimum atomic E-state index is -1.92. The summed E-state index contributed by atoms with van der Waals surface area (Å²) >= 11 is 0. The van der Waals surface area contributed by atoms with Gasteiger partial charge in [0.15, 0.2) is 24.6 Å². The third-order valence-corrected chi connectivity index (χ3v) is 13.0. The highest BCUT2D eigenvalue weighted by atomic mass is 16.7. The van der Waals surface area contributed by atoms with Crippen molar-refractivity contribution in [1.82, 2.24) is 0 Å². The van der Waals surface area contributed by atoms with Crippen LogP contribution in [-0.4, -0.2) is 89.2 Å². The summed E-state index contributed by atoms with van der Waals surface area (Å²) < 4.78 is 28.3. The van der Waals surface area contributed by atoms with Gasteiger partial charge in [-0.05, 0) is 96.3 Å². The number of aliphatic hydroxyl groups excluding tert-OH is 2. The summed E-state index contributed by atoms with van der Waals surface area (Å²) in [5.74, 6) is -3.26. The molecule has 6 unspecified atom stereocenters. The average molecular weight is 1100 g/mol. The van der Waals surface area contributed by atoms with Crippen molar-refractivity contribution in [3.8, 4) is 0 Å². The minimum absolute atomic E-state index is 0.0478. The number of aliphatic hydroxyl groups is 2. The lowest BCUT2D eigenvalue weighted by atomic mass is 9.98. The number of rotatable bonds is 50. The second-order valence-corrected chi connectivity index (χ2v) is 20.2. The summed E-state index contributed by atoms with van der Waals surface area (Å²) in [7, 11) is 0. The lowest BCUT2D eigenvalue weighted by Gasteiger charge is -2.40. The second-order valence-electron chi connectivity index (χ2n) is 20.2. The molecule has 0 aromatic rings. The van der Waals surface area contributed by atoms with E-state index in [1.54, 1.807) is 0 Å². The number of hydrogen-bond acceptors (Lipinski definition) is 11. The molecule has 0 aliphatic carbocycles. The quantitative estimate of drug-likeness (QED) is 0.0228. The van der Waals surface area contributed by atoms with Crippen molar-refractivity contribution in [2.75, 3.05) is 13.2 Å². The zero-order chi connectivity index (χ0) is 57.5. The normalized spacial score (nSPS) is 18.7. The Kier molecular flexibility index (Phi) is 49.1. The van der Waals surface area contributed by atoms with Crippen LogP contribution in [0, 0.1) is 0 Å². The van der Waals surface area contributed by atoms with Gasteiger partial charge in [0.1, 0.15) is 18.8 Å². The number of carboxylic acid groups (broad SMARTS) is 1. The zero-order valence-corrected chi connectivity index (χ0v) is 49.1. The largest absolute Gasteiger partial charge is 0.479 e. The van der Waals surface area contributed by atoms with Crippen LogP contribution >= 0.6 is 0 Å². The number of unbranched alkanes of at least 4 members (excludes halogenated alkanes) is 16. The van der Waals surface area contributed by atoms with Gasteiger partial charge in [-0.2, -0.15) is 0 Å². The summed E-state index contributed by atoms with van der Waals surface area (Å²) in [6.45, 7) is 5.67. The molecule has 1 heterocycles. The molecule has 12 heteroatoms. The molecule has 79 heavy (non-hydrogen) atoms. The van der Waals surface area contributed by atoms with E-state index in [4.69, 9.17) is 23.7 Å². The molecular formula is C67H106O12. The molecule has 446 valence electrons. The number of carbonyl (C=O) groups excluding carboxylic acids is 3. The van der Waals surface area contributed by atoms with E-state index in [0.717, 1.165) is 128 Å². The standard InChI is InChI=1S/C67H106O12/c1-4-7-10-13-16-19-22-24-26-28-30-32-34-36-39-41-44-47-50-53-59(68)75-56-58(77-60(69)54-51-48-45-43-40-37-35-33-31-29-27-25-23-20-17-14-11-8-5-2)57-76-67-65(63(72)62(71)64(79-67)66(73)74)78-61(70)55-52-49-46-42-38-21-18-15-12-9-6-3/h7-8,10-11,16-17,19-20,24-27,30-33,36,39,44,47,58,62-65,67,71-72H,4-6,9,12-15,18,21-23,28-29,34-35,37-38,40-43,45-46,48-57H2,1-3H3,(H,73,74)/b10-7-,11-8-,19-16-,20-17-,26-24-,27-25-,32-30-,33-31-,39-36-,47-44-. The van der Waals surface area contributed by atoms with Gasteiger partial charge >= 0.3 is 23.9 Å². The fourth-order valence-corrected chi connectivity index (χ4v) is 8.44. The topological polar surface area (TPSA) is 175 Å². The predicted octanol–water partition coefficient (Wildman–Crippen LogP) is 16.0. The first-order valence-electron chi connectivity index (χ1n) is 30.5. The van der Waals surface area contributed by atoms with Gasteiger partial charge in [-0.1, -0.05) is 232 Å². The molecule has 1 fully saturated rings. The van der Waals surface area contributed by atoms with Crippen LogP contribution in [0.2, 0.25) is 0 Å². The minimum Gasteiger partial charge on any atom is -0.479 e. The Hall–Kier alpha value is -4.88. The van der Waals surface area contributed by atoms with E-state index in [1.807, 2.05) is 12.2 Å². The molecule has 6 atom stereocenters. The van der Waals surface area contributed by atoms with Gasteiger partial charge in [-0.3, -0.25) is 14.4 Å². The van der Waals surface area contributed by atoms with Crippen molar-refractivity contribution >= 4 is 23.9 Å². The molecule has 0 bridgehead atoms. The number of esters is 3. The summed E-state index contributed by atoms with van der Waals surface area (Å²) in [5, 5.41) is 31.5. The number of hydrogen-bond donors (Lipinski definition) is 3. The van der Waals surface area contributed by atoms with Crippen molar-refractivity contribution in [3.05, 3.63) is 122 Å². The Morgan fingerprint density at radius 2 is 0.823 bits per heavy atom. The maximum atomic E-state index is 13.2. The molecule has 0 aromatic heterocycles. The zero-order valence-electron chi connectivity index (χ0n) is 49.1. The van der Waals surface area contributed by atoms with Gasteiger partial charge in [-0.25, -0.2) is 4.79 Å². The predicted molar refractivity (Wildman–Crippen MR) is 321 cm³/mol. The van der Waals surface area contributed by atoms with E-state index in [-0.39, 0.29) is 25.9 Å². The number of ether oxygens (including phenoxy) is 5. The maximum Gasteiger partial charge on any atom is 0.335 e. The van der Waals surface area contributed by atoms with E-state index in [9.17, 15) is 34.5 Å². The van der Waals surface area contributed by atoms with Gasteiger partial charge in [0.05, 0.1) is 6.61 Å². The van der Waals surface area contributed by atoms with Crippen molar-refractivity contribution in [2.24, 2.45) is 0 Å². The highest BCUT2D eigenvalue weighted by Gasteiger charge is 2.50. The smallest absolute Gasteiger partial charge is 0.335 e. The number of aliphatic carboxylic acids is 1. The van der Waals surface area contributed by atoms with Crippen molar-refractivity contribution in [3.63, 3.8) is 0 Å². The van der Waals surface area contributed by atoms with E-state index in [0.29, 0.717) is 19.3 Å². The molecule has 1 saturated heterocycles. The Morgan fingerprint density at radius 3 is 1.27 bits per heavy atom. The maximum absolute atomic E-state index is 13.2. The van der Waals surface area contributed by atoms with Crippen molar-refractivity contribution in [1.29, 1.82) is 0 Å². The van der Waals surface area contributed by atoms with Gasteiger partial charge in [0, 0.05) is 19.3 Å². The summed E-state index contributed by atoms with van der Waals surface area (Å²) in [6.07, 6.45) is 61.8. The number of carbonyl (C=O) groups is 4. The Balaban J connectivity index is 2.74. The van der Waals surface area contributed by atoms with Gasteiger partial charge in [0.25, 0.3) is 0 Å². The molecular weight excluding hydrogens is 997 g/mol. The molecule has 0 amide bonds. The third-order valence-electron chi connectivity index (χ3n) is 13.0. The molecule has 12 nitrogen and oxygen atoms in total. The van der Waals surface area contributed by atoms with Crippen LogP contribution in [0.4, 0.5) is 0 Å². The van der Waals surface area contributed by atoms with Gasteiger partial charge in [-0.15, -0.1) is 0 Å². The molecule has 1 aliphatic heterocycles. The van der Waals surface area contributed by atoms with Crippen molar-refractivity contribution in [2.45, 2.75) is 263 Å². The van der Waals surface area contributed by atoms with Crippen LogP contribution < -0.4 is 0 Å². The molecule has 1 rings (SSSR count). The van der Waals surface area contributed by atoms with Crippen LogP contribution in [0.3, 0.4) is 0 Å². The Morgan fingerprint density at radius 1 is 0.430 bits per heavy atom. The van der Waals surface area contributed by atoms with Crippen LogP contribution in [-0.2, 0) is 42.9 Å². The first kappa shape index (κ1) is 72.1. The highest BCUT2D eigenvalue weighted by molar-refractivity contribution is 5.74. The highest BCUT2D eigenvalue weighted by Crippen LogP contribution is 2.26. The molecule has 3 N–H and O–H groups in total. The lowest BCUT2D eigenvalue weighted by Crippen LogP contribution is -2.61. The first-order chi connectivity index (χ1) is 38.6. The van der Waals surface area contributed by atoms with Gasteiger partial charge < -0.3 is 39.0 Å². The molecule has 0 aromatic carbocycles. The van der Waals surface area contributed by atoms with E-state index in [1.165, 1.54) is 38.5 Å². The summed E-state index contributed by atoms with van der Waals surface area (Å²) in [6, 6.07) is 0. The van der Waals surface area contributed by atoms with Crippen LogP contribution in [0.5, 0.6) is 0 Å². The average Bonchev–Trinajstić information content (AvgIpc) is 3.47.